The summed E-state index contributed by atoms with van der Waals surface area (Å²) in [4.78, 5) is 0. The first-order chi connectivity index (χ1) is 7.33. The highest BCUT2D eigenvalue weighted by atomic mass is 35.5. The van der Waals surface area contributed by atoms with Gasteiger partial charge >= 0.3 is 0 Å². The molecule has 1 heterocycles. The van der Waals surface area contributed by atoms with Gasteiger partial charge in [-0.1, -0.05) is 50.9 Å². The van der Waals surface area contributed by atoms with Gasteiger partial charge in [-0.3, -0.25) is 0 Å². The summed E-state index contributed by atoms with van der Waals surface area (Å²) in [6.07, 6.45) is 1.05. The molecular formula is C12H19Cl2NS. The minimum Gasteiger partial charge on any atom is -0.310 e. The monoisotopic (exact) mass is 279 g/mol. The molecule has 4 heteroatoms. The van der Waals surface area contributed by atoms with Crippen molar-refractivity contribution in [2.24, 2.45) is 5.41 Å². The van der Waals surface area contributed by atoms with Crippen LogP contribution in [0.15, 0.2) is 6.07 Å². The van der Waals surface area contributed by atoms with Crippen molar-refractivity contribution in [3.05, 3.63) is 20.3 Å². The third-order valence-electron chi connectivity index (χ3n) is 2.33. The second-order valence-corrected chi connectivity index (χ2v) is 7.44. The van der Waals surface area contributed by atoms with Crippen molar-refractivity contribution >= 4 is 34.5 Å². The van der Waals surface area contributed by atoms with Crippen LogP contribution < -0.4 is 5.32 Å². The lowest BCUT2D eigenvalue weighted by molar-refractivity contribution is 0.314. The van der Waals surface area contributed by atoms with Crippen molar-refractivity contribution < 1.29 is 0 Å². The zero-order chi connectivity index (χ0) is 12.3. The van der Waals surface area contributed by atoms with Gasteiger partial charge in [-0.2, -0.15) is 0 Å². The summed E-state index contributed by atoms with van der Waals surface area (Å²) < 4.78 is 1.57. The van der Waals surface area contributed by atoms with Gasteiger partial charge in [0, 0.05) is 11.6 Å². The van der Waals surface area contributed by atoms with Crippen LogP contribution in [0.3, 0.4) is 0 Å². The lowest BCUT2D eigenvalue weighted by Crippen LogP contribution is -2.25. The summed E-state index contributed by atoms with van der Waals surface area (Å²) in [5.74, 6) is 0. The normalized spacial score (nSPS) is 14.1. The number of hydrogen-bond donors (Lipinski definition) is 1. The van der Waals surface area contributed by atoms with Gasteiger partial charge in [-0.05, 0) is 24.4 Å². The Morgan fingerprint density at radius 3 is 2.38 bits per heavy atom. The van der Waals surface area contributed by atoms with Crippen LogP contribution >= 0.6 is 34.5 Å². The van der Waals surface area contributed by atoms with Crippen molar-refractivity contribution in [3.8, 4) is 0 Å². The second-order valence-electron chi connectivity index (χ2n) is 5.15. The van der Waals surface area contributed by atoms with Crippen LogP contribution in [0, 0.1) is 5.41 Å². The molecule has 16 heavy (non-hydrogen) atoms. The molecule has 1 N–H and O–H groups in total. The van der Waals surface area contributed by atoms with E-state index in [9.17, 15) is 0 Å². The molecule has 1 nitrogen and oxygen atoms in total. The smallest absolute Gasteiger partial charge is 0.0991 e. The van der Waals surface area contributed by atoms with Crippen LogP contribution in [0.4, 0.5) is 0 Å². The Kier molecular flexibility index (Phi) is 5.11. The van der Waals surface area contributed by atoms with Gasteiger partial charge < -0.3 is 5.32 Å². The fourth-order valence-electron chi connectivity index (χ4n) is 1.74. The summed E-state index contributed by atoms with van der Waals surface area (Å²) in [5, 5.41) is 3.47. The predicted octanol–water partition coefficient (Wildman–Crippen LogP) is 5.14. The fraction of sp³-hybridized carbons (Fsp3) is 0.667. The van der Waals surface area contributed by atoms with Gasteiger partial charge in [-0.25, -0.2) is 0 Å². The van der Waals surface area contributed by atoms with E-state index in [-0.39, 0.29) is 5.41 Å². The highest BCUT2D eigenvalue weighted by molar-refractivity contribution is 7.20. The van der Waals surface area contributed by atoms with Gasteiger partial charge in [0.2, 0.25) is 0 Å². The second kappa shape index (κ2) is 5.72. The number of nitrogens with one attached hydrogen (secondary N) is 1. The average Bonchev–Trinajstić information content (AvgIpc) is 2.42. The third kappa shape index (κ3) is 4.25. The summed E-state index contributed by atoms with van der Waals surface area (Å²) in [6.45, 7) is 9.75. The molecular weight excluding hydrogens is 261 g/mol. The Bertz CT molecular complexity index is 341. The minimum atomic E-state index is 0.268. The first-order valence-electron chi connectivity index (χ1n) is 5.51. The number of rotatable bonds is 4. The largest absolute Gasteiger partial charge is 0.310 e. The third-order valence-corrected chi connectivity index (χ3v) is 3.84. The van der Waals surface area contributed by atoms with Crippen LogP contribution in [0.2, 0.25) is 8.67 Å². The van der Waals surface area contributed by atoms with E-state index in [1.807, 2.05) is 6.07 Å². The first-order valence-corrected chi connectivity index (χ1v) is 7.09. The molecule has 1 aromatic rings. The van der Waals surface area contributed by atoms with Crippen molar-refractivity contribution in [1.82, 2.24) is 5.32 Å². The maximum Gasteiger partial charge on any atom is 0.0991 e. The highest BCUT2D eigenvalue weighted by Gasteiger charge is 2.22. The van der Waals surface area contributed by atoms with Crippen molar-refractivity contribution in [1.29, 1.82) is 0 Å². The van der Waals surface area contributed by atoms with E-state index in [0.717, 1.165) is 27.2 Å². The van der Waals surface area contributed by atoms with Crippen LogP contribution in [0.1, 0.15) is 45.7 Å². The lowest BCUT2D eigenvalue weighted by Gasteiger charge is -2.26. The van der Waals surface area contributed by atoms with Crippen LogP contribution in [0.25, 0.3) is 0 Å². The molecule has 1 atom stereocenters. The average molecular weight is 280 g/mol. The zero-order valence-electron chi connectivity index (χ0n) is 10.2. The Morgan fingerprint density at radius 1 is 1.38 bits per heavy atom. The van der Waals surface area contributed by atoms with E-state index in [0.29, 0.717) is 6.04 Å². The van der Waals surface area contributed by atoms with Gasteiger partial charge in [0.1, 0.15) is 0 Å². The van der Waals surface area contributed by atoms with Gasteiger partial charge in [0.25, 0.3) is 0 Å². The van der Waals surface area contributed by atoms with Gasteiger partial charge in [-0.15, -0.1) is 11.3 Å². The Hall–Kier alpha value is 0.240. The first kappa shape index (κ1) is 14.3. The Labute approximate surface area is 112 Å². The summed E-state index contributed by atoms with van der Waals surface area (Å²) in [6, 6.07) is 2.27. The zero-order valence-corrected chi connectivity index (χ0v) is 12.6. The van der Waals surface area contributed by atoms with Crippen molar-refractivity contribution in [3.63, 3.8) is 0 Å². The van der Waals surface area contributed by atoms with Crippen molar-refractivity contribution in [2.45, 2.75) is 40.2 Å². The summed E-state index contributed by atoms with van der Waals surface area (Å²) >= 11 is 13.6. The molecule has 1 unspecified atom stereocenters. The van der Waals surface area contributed by atoms with E-state index in [1.54, 1.807) is 0 Å². The number of thiophene rings is 1. The topological polar surface area (TPSA) is 12.0 Å². The Morgan fingerprint density at radius 2 is 2.00 bits per heavy atom. The molecule has 0 spiro atoms. The molecule has 0 aromatic carbocycles. The lowest BCUT2D eigenvalue weighted by atomic mass is 9.86. The molecule has 0 bridgehead atoms. The van der Waals surface area contributed by atoms with E-state index in [1.165, 1.54) is 11.3 Å². The van der Waals surface area contributed by atoms with Crippen LogP contribution in [-0.2, 0) is 0 Å². The van der Waals surface area contributed by atoms with E-state index < -0.39 is 0 Å². The van der Waals surface area contributed by atoms with Crippen LogP contribution in [-0.4, -0.2) is 6.54 Å². The molecule has 0 saturated heterocycles. The number of hydrogen-bond acceptors (Lipinski definition) is 2. The molecule has 1 rings (SSSR count). The molecule has 0 aliphatic carbocycles. The minimum absolute atomic E-state index is 0.268. The summed E-state index contributed by atoms with van der Waals surface area (Å²) in [7, 11) is 0. The van der Waals surface area contributed by atoms with E-state index >= 15 is 0 Å². The molecule has 0 amide bonds. The molecule has 0 radical (unpaired) electrons. The van der Waals surface area contributed by atoms with Crippen LogP contribution in [0.5, 0.6) is 0 Å². The fourth-order valence-corrected chi connectivity index (χ4v) is 3.32. The molecule has 0 aliphatic heterocycles. The van der Waals surface area contributed by atoms with Gasteiger partial charge in [0.05, 0.1) is 8.67 Å². The van der Waals surface area contributed by atoms with Gasteiger partial charge in [0.15, 0.2) is 0 Å². The molecule has 92 valence electrons. The van der Waals surface area contributed by atoms with E-state index in [2.05, 4.69) is 33.0 Å². The molecule has 0 saturated carbocycles. The van der Waals surface area contributed by atoms with E-state index in [4.69, 9.17) is 23.2 Å². The maximum atomic E-state index is 6.20. The van der Waals surface area contributed by atoms with Crippen molar-refractivity contribution in [2.75, 3.05) is 6.54 Å². The molecule has 0 aliphatic rings. The summed E-state index contributed by atoms with van der Waals surface area (Å²) in [5.41, 5.74) is 1.40. The quantitative estimate of drug-likeness (QED) is 0.805. The highest BCUT2D eigenvalue weighted by Crippen LogP contribution is 2.39. The Balaban J connectivity index is 2.89. The predicted molar refractivity (Wildman–Crippen MR) is 74.8 cm³/mol. The maximum absolute atomic E-state index is 6.20. The molecule has 1 aromatic heterocycles. The SMILES string of the molecule is CCNC(CC(C)(C)C)c1cc(Cl)sc1Cl. The standard InChI is InChI=1S/C12H19Cl2NS/c1-5-15-9(7-12(2,3)4)8-6-10(13)16-11(8)14/h6,9,15H,5,7H2,1-4H3. The molecule has 0 fully saturated rings. The number of halogens is 2.